The van der Waals surface area contributed by atoms with Gasteiger partial charge in [0, 0.05) is 17.1 Å². The Morgan fingerprint density at radius 2 is 2.17 bits per heavy atom. The number of hydrogen-bond acceptors (Lipinski definition) is 1. The van der Waals surface area contributed by atoms with Crippen LogP contribution in [0.2, 0.25) is 5.02 Å². The number of halogens is 2. The molecule has 2 nitrogen and oxygen atoms in total. The van der Waals surface area contributed by atoms with Gasteiger partial charge >= 0.3 is 0 Å². The van der Waals surface area contributed by atoms with Gasteiger partial charge in [0.25, 0.3) is 0 Å². The van der Waals surface area contributed by atoms with Gasteiger partial charge in [0.2, 0.25) is 5.91 Å². The Bertz CT molecular complexity index is 549. The van der Waals surface area contributed by atoms with Crippen LogP contribution in [0.3, 0.4) is 0 Å². The molecule has 1 N–H and O–H groups in total. The number of benzene rings is 1. The number of hydrogen-bond donors (Lipinski definition) is 1. The topological polar surface area (TPSA) is 29.1 Å². The third-order valence-electron chi connectivity index (χ3n) is 3.38. The predicted octanol–water partition coefficient (Wildman–Crippen LogP) is 3.09. The maximum atomic E-state index is 13.7. The number of carbonyl (C=O) groups is 1. The van der Waals surface area contributed by atoms with E-state index in [2.05, 4.69) is 5.32 Å². The quantitative estimate of drug-likeness (QED) is 0.818. The molecule has 1 amide bonds. The van der Waals surface area contributed by atoms with E-state index in [1.165, 1.54) is 6.07 Å². The third kappa shape index (κ3) is 2.27. The van der Waals surface area contributed by atoms with Crippen molar-refractivity contribution in [3.05, 3.63) is 40.2 Å². The summed E-state index contributed by atoms with van der Waals surface area (Å²) in [4.78, 5) is 11.7. The molecular weight excluding hydrogens is 253 g/mol. The number of carbonyl (C=O) groups excluding carboxylic acids is 1. The molecule has 0 spiro atoms. The van der Waals surface area contributed by atoms with Crippen LogP contribution in [0, 0.1) is 5.82 Å². The van der Waals surface area contributed by atoms with E-state index in [4.69, 9.17) is 11.6 Å². The summed E-state index contributed by atoms with van der Waals surface area (Å²) in [6.07, 6.45) is 5.05. The molecule has 1 aromatic carbocycles. The van der Waals surface area contributed by atoms with Gasteiger partial charge in [0.1, 0.15) is 5.82 Å². The van der Waals surface area contributed by atoms with Gasteiger partial charge in [-0.15, -0.1) is 0 Å². The van der Waals surface area contributed by atoms with Crippen LogP contribution >= 0.6 is 11.6 Å². The Morgan fingerprint density at radius 1 is 1.39 bits per heavy atom. The van der Waals surface area contributed by atoms with Crippen molar-refractivity contribution in [2.45, 2.75) is 31.7 Å². The summed E-state index contributed by atoms with van der Waals surface area (Å²) in [7, 11) is 0. The monoisotopic (exact) mass is 265 g/mol. The van der Waals surface area contributed by atoms with Crippen molar-refractivity contribution in [3.63, 3.8) is 0 Å². The second-order valence-electron chi connectivity index (χ2n) is 4.87. The van der Waals surface area contributed by atoms with E-state index in [-0.39, 0.29) is 11.7 Å². The van der Waals surface area contributed by atoms with E-state index < -0.39 is 0 Å². The summed E-state index contributed by atoms with van der Waals surface area (Å²) in [5.74, 6) is -0.357. The highest BCUT2D eigenvalue weighted by atomic mass is 35.5. The summed E-state index contributed by atoms with van der Waals surface area (Å²) in [5, 5.41) is 3.28. The molecule has 1 aromatic rings. The molecular formula is C14H13ClFNO. The molecule has 18 heavy (non-hydrogen) atoms. The van der Waals surface area contributed by atoms with Gasteiger partial charge in [-0.1, -0.05) is 11.6 Å². The minimum atomic E-state index is -0.275. The molecule has 0 unspecified atom stereocenters. The first-order chi connectivity index (χ1) is 8.63. The Hall–Kier alpha value is -1.35. The maximum Gasteiger partial charge on any atom is 0.244 e. The van der Waals surface area contributed by atoms with E-state index in [0.29, 0.717) is 29.5 Å². The van der Waals surface area contributed by atoms with Crippen LogP contribution in [0.4, 0.5) is 4.39 Å². The molecule has 4 heteroatoms. The lowest BCUT2D eigenvalue weighted by Gasteiger charge is -2.04. The molecule has 3 rings (SSSR count). The first-order valence-electron chi connectivity index (χ1n) is 6.13. The van der Waals surface area contributed by atoms with Crippen molar-refractivity contribution < 1.29 is 9.18 Å². The van der Waals surface area contributed by atoms with Gasteiger partial charge in [-0.25, -0.2) is 4.39 Å². The highest BCUT2D eigenvalue weighted by molar-refractivity contribution is 6.30. The molecule has 2 aliphatic carbocycles. The summed E-state index contributed by atoms with van der Waals surface area (Å²) in [5.41, 5.74) is 2.33. The fraction of sp³-hybridized carbons (Fsp3) is 0.357. The van der Waals surface area contributed by atoms with Crippen molar-refractivity contribution in [1.82, 2.24) is 5.32 Å². The summed E-state index contributed by atoms with van der Waals surface area (Å²) in [6, 6.07) is 3.41. The van der Waals surface area contributed by atoms with E-state index in [9.17, 15) is 9.18 Å². The molecule has 0 aromatic heterocycles. The van der Waals surface area contributed by atoms with E-state index in [0.717, 1.165) is 24.0 Å². The number of amides is 1. The SMILES string of the molecule is O=C(/C=C1/CCc2c(F)cc(Cl)cc21)NC1CC1. The minimum Gasteiger partial charge on any atom is -0.350 e. The van der Waals surface area contributed by atoms with Crippen molar-refractivity contribution in [2.24, 2.45) is 0 Å². The number of allylic oxidation sites excluding steroid dienone is 1. The first kappa shape index (κ1) is 11.7. The molecule has 0 bridgehead atoms. The summed E-state index contributed by atoms with van der Waals surface area (Å²) in [6.45, 7) is 0. The molecule has 0 saturated heterocycles. The highest BCUT2D eigenvalue weighted by Crippen LogP contribution is 2.35. The lowest BCUT2D eigenvalue weighted by atomic mass is 10.1. The van der Waals surface area contributed by atoms with Crippen LogP contribution in [0.5, 0.6) is 0 Å². The average molecular weight is 266 g/mol. The standard InChI is InChI=1S/C14H13ClFNO/c15-9-6-12-8(1-4-11(12)13(16)7-9)5-14(18)17-10-2-3-10/h5-7,10H,1-4H2,(H,17,18)/b8-5-. The van der Waals surface area contributed by atoms with Gasteiger partial charge in [0.15, 0.2) is 0 Å². The average Bonchev–Trinajstić information content (AvgIpc) is 3.01. The molecule has 0 aliphatic heterocycles. The maximum absolute atomic E-state index is 13.7. The van der Waals surface area contributed by atoms with Crippen LogP contribution in [0.15, 0.2) is 18.2 Å². The zero-order valence-corrected chi connectivity index (χ0v) is 10.6. The van der Waals surface area contributed by atoms with E-state index in [1.807, 2.05) is 0 Å². The molecule has 0 heterocycles. The van der Waals surface area contributed by atoms with Crippen LogP contribution in [-0.4, -0.2) is 11.9 Å². The van der Waals surface area contributed by atoms with Crippen molar-refractivity contribution in [3.8, 4) is 0 Å². The van der Waals surface area contributed by atoms with Crippen LogP contribution in [0.25, 0.3) is 5.57 Å². The molecule has 94 valence electrons. The normalized spacial score (nSPS) is 20.0. The highest BCUT2D eigenvalue weighted by Gasteiger charge is 2.24. The van der Waals surface area contributed by atoms with Gasteiger partial charge in [0.05, 0.1) is 0 Å². The number of fused-ring (bicyclic) bond motifs is 1. The molecule has 1 saturated carbocycles. The second kappa shape index (κ2) is 4.39. The minimum absolute atomic E-state index is 0.0827. The smallest absolute Gasteiger partial charge is 0.244 e. The fourth-order valence-electron chi connectivity index (χ4n) is 2.32. The lowest BCUT2D eigenvalue weighted by Crippen LogP contribution is -2.23. The first-order valence-corrected chi connectivity index (χ1v) is 6.50. The lowest BCUT2D eigenvalue weighted by molar-refractivity contribution is -0.116. The zero-order chi connectivity index (χ0) is 12.7. The number of nitrogens with one attached hydrogen (secondary N) is 1. The Morgan fingerprint density at radius 3 is 2.89 bits per heavy atom. The zero-order valence-electron chi connectivity index (χ0n) is 9.80. The van der Waals surface area contributed by atoms with Crippen molar-refractivity contribution >= 4 is 23.1 Å². The van der Waals surface area contributed by atoms with Crippen LogP contribution in [0.1, 0.15) is 30.4 Å². The van der Waals surface area contributed by atoms with Crippen molar-refractivity contribution in [1.29, 1.82) is 0 Å². The Kier molecular flexibility index (Phi) is 2.86. The van der Waals surface area contributed by atoms with Gasteiger partial charge in [-0.2, -0.15) is 0 Å². The Labute approximate surface area is 110 Å². The third-order valence-corrected chi connectivity index (χ3v) is 3.60. The second-order valence-corrected chi connectivity index (χ2v) is 5.30. The summed E-state index contributed by atoms with van der Waals surface area (Å²) < 4.78 is 13.7. The molecule has 0 radical (unpaired) electrons. The van der Waals surface area contributed by atoms with Crippen LogP contribution in [-0.2, 0) is 11.2 Å². The largest absolute Gasteiger partial charge is 0.350 e. The molecule has 1 fully saturated rings. The van der Waals surface area contributed by atoms with E-state index in [1.54, 1.807) is 12.1 Å². The fourth-order valence-corrected chi connectivity index (χ4v) is 2.52. The molecule has 0 atom stereocenters. The van der Waals surface area contributed by atoms with E-state index >= 15 is 0 Å². The van der Waals surface area contributed by atoms with Gasteiger partial charge < -0.3 is 5.32 Å². The summed E-state index contributed by atoms with van der Waals surface area (Å²) >= 11 is 5.86. The van der Waals surface area contributed by atoms with Gasteiger partial charge in [-0.05, 0) is 54.5 Å². The van der Waals surface area contributed by atoms with Crippen LogP contribution < -0.4 is 5.32 Å². The Balaban J connectivity index is 1.88. The van der Waals surface area contributed by atoms with Gasteiger partial charge in [-0.3, -0.25) is 4.79 Å². The number of rotatable bonds is 2. The predicted molar refractivity (Wildman–Crippen MR) is 68.9 cm³/mol. The molecule has 2 aliphatic rings. The van der Waals surface area contributed by atoms with Crippen molar-refractivity contribution in [2.75, 3.05) is 0 Å².